The molecule has 1 aromatic heterocycles. The number of hydrogen-bond donors (Lipinski definition) is 0. The Bertz CT molecular complexity index is 549. The largest absolute Gasteiger partial charge is 0.250 e. The maximum atomic E-state index is 4.44. The van der Waals surface area contributed by atoms with E-state index < -0.39 is 0 Å². The van der Waals surface area contributed by atoms with Crippen LogP contribution in [-0.2, 0) is 19.4 Å². The zero-order valence-corrected chi connectivity index (χ0v) is 15.6. The van der Waals surface area contributed by atoms with Gasteiger partial charge in [0.15, 0.2) is 0 Å². The highest BCUT2D eigenvalue weighted by Gasteiger charge is 2.14. The van der Waals surface area contributed by atoms with Gasteiger partial charge in [-0.3, -0.25) is 0 Å². The number of halogens is 2. The van der Waals surface area contributed by atoms with Gasteiger partial charge < -0.3 is 0 Å². The van der Waals surface area contributed by atoms with Crippen LogP contribution in [-0.4, -0.2) is 20.1 Å². The summed E-state index contributed by atoms with van der Waals surface area (Å²) in [5.41, 5.74) is 1.36. The van der Waals surface area contributed by atoms with Gasteiger partial charge in [0, 0.05) is 22.8 Å². The topological polar surface area (TPSA) is 30.7 Å². The Balaban J connectivity index is 2.02. The lowest BCUT2D eigenvalue weighted by Crippen LogP contribution is -2.16. The molecule has 0 aliphatic rings. The van der Waals surface area contributed by atoms with E-state index >= 15 is 0 Å². The van der Waals surface area contributed by atoms with E-state index in [0.29, 0.717) is 11.8 Å². The average molecular weight is 415 g/mol. The van der Waals surface area contributed by atoms with E-state index in [9.17, 15) is 0 Å². The van der Waals surface area contributed by atoms with E-state index in [0.717, 1.165) is 35.0 Å². The highest BCUT2D eigenvalue weighted by molar-refractivity contribution is 9.10. The molecule has 1 aromatic carbocycles. The van der Waals surface area contributed by atoms with E-state index in [4.69, 9.17) is 0 Å². The summed E-state index contributed by atoms with van der Waals surface area (Å²) in [5.74, 6) is 2.20. The molecule has 0 spiro atoms. The SMILES string of the molecule is CC(C)Cn1ncnc1CC(CBr)Cc1ccc(Br)cc1. The molecule has 2 aromatic rings. The molecule has 5 heteroatoms. The normalized spacial score (nSPS) is 12.8. The maximum Gasteiger partial charge on any atom is 0.138 e. The molecule has 3 nitrogen and oxygen atoms in total. The Hall–Kier alpha value is -0.680. The lowest BCUT2D eigenvalue weighted by molar-refractivity contribution is 0.448. The van der Waals surface area contributed by atoms with Crippen LogP contribution >= 0.6 is 31.9 Å². The minimum atomic E-state index is 0.529. The molecule has 1 atom stereocenters. The first-order valence-corrected chi connectivity index (χ1v) is 9.17. The third-order valence-electron chi connectivity index (χ3n) is 3.36. The summed E-state index contributed by atoms with van der Waals surface area (Å²) in [6, 6.07) is 8.56. The molecule has 0 amide bonds. The van der Waals surface area contributed by atoms with Crippen LogP contribution in [0, 0.1) is 11.8 Å². The molecular formula is C16H21Br2N3. The molecule has 0 aliphatic heterocycles. The summed E-state index contributed by atoms with van der Waals surface area (Å²) >= 11 is 7.12. The third kappa shape index (κ3) is 5.22. The van der Waals surface area contributed by atoms with Crippen molar-refractivity contribution in [3.63, 3.8) is 0 Å². The number of nitrogens with zero attached hydrogens (tertiary/aromatic N) is 3. The first kappa shape index (κ1) is 16.7. The van der Waals surface area contributed by atoms with Crippen molar-refractivity contribution in [2.24, 2.45) is 11.8 Å². The second kappa shape index (κ2) is 8.08. The van der Waals surface area contributed by atoms with E-state index in [2.05, 4.69) is 80.1 Å². The first-order valence-electron chi connectivity index (χ1n) is 7.25. The molecule has 2 rings (SSSR count). The Morgan fingerprint density at radius 2 is 1.86 bits per heavy atom. The van der Waals surface area contributed by atoms with Gasteiger partial charge in [-0.15, -0.1) is 0 Å². The zero-order valence-electron chi connectivity index (χ0n) is 12.5. The molecule has 0 radical (unpaired) electrons. The van der Waals surface area contributed by atoms with Gasteiger partial charge in [0.05, 0.1) is 0 Å². The summed E-state index contributed by atoms with van der Waals surface area (Å²) in [7, 11) is 0. The standard InChI is InChI=1S/C16H21Br2N3/c1-12(2)10-21-16(19-11-20-21)8-14(9-17)7-13-3-5-15(18)6-4-13/h3-6,11-12,14H,7-10H2,1-2H3. The van der Waals surface area contributed by atoms with E-state index in [1.165, 1.54) is 5.56 Å². The van der Waals surface area contributed by atoms with Crippen molar-refractivity contribution in [1.29, 1.82) is 0 Å². The van der Waals surface area contributed by atoms with E-state index in [1.54, 1.807) is 6.33 Å². The molecule has 0 fully saturated rings. The molecule has 0 saturated heterocycles. The second-order valence-corrected chi connectivity index (χ2v) is 7.37. The van der Waals surface area contributed by atoms with Gasteiger partial charge in [-0.2, -0.15) is 5.10 Å². The fraction of sp³-hybridized carbons (Fsp3) is 0.500. The Kier molecular flexibility index (Phi) is 6.42. The Morgan fingerprint density at radius 3 is 2.48 bits per heavy atom. The summed E-state index contributed by atoms with van der Waals surface area (Å²) in [6.45, 7) is 5.34. The van der Waals surface area contributed by atoms with Crippen LogP contribution < -0.4 is 0 Å². The molecule has 0 N–H and O–H groups in total. The summed E-state index contributed by atoms with van der Waals surface area (Å²) in [6.07, 6.45) is 3.67. The van der Waals surface area contributed by atoms with Gasteiger partial charge >= 0.3 is 0 Å². The zero-order chi connectivity index (χ0) is 15.2. The van der Waals surface area contributed by atoms with Gasteiger partial charge in [-0.05, 0) is 36.0 Å². The van der Waals surface area contributed by atoms with Crippen LogP contribution in [0.25, 0.3) is 0 Å². The highest BCUT2D eigenvalue weighted by atomic mass is 79.9. The third-order valence-corrected chi connectivity index (χ3v) is 4.81. The van der Waals surface area contributed by atoms with Crippen molar-refractivity contribution in [3.8, 4) is 0 Å². The van der Waals surface area contributed by atoms with Crippen LogP contribution in [0.15, 0.2) is 35.1 Å². The van der Waals surface area contributed by atoms with Crippen molar-refractivity contribution >= 4 is 31.9 Å². The van der Waals surface area contributed by atoms with Crippen molar-refractivity contribution in [2.45, 2.75) is 33.2 Å². The second-order valence-electron chi connectivity index (χ2n) is 5.81. The fourth-order valence-electron chi connectivity index (χ4n) is 2.34. The average Bonchev–Trinajstić information content (AvgIpc) is 2.87. The minimum absolute atomic E-state index is 0.529. The summed E-state index contributed by atoms with van der Waals surface area (Å²) in [4.78, 5) is 4.44. The van der Waals surface area contributed by atoms with Gasteiger partial charge in [0.2, 0.25) is 0 Å². The minimum Gasteiger partial charge on any atom is -0.250 e. The lowest BCUT2D eigenvalue weighted by Gasteiger charge is -2.15. The Morgan fingerprint density at radius 1 is 1.14 bits per heavy atom. The number of aromatic nitrogens is 3. The highest BCUT2D eigenvalue weighted by Crippen LogP contribution is 2.18. The fourth-order valence-corrected chi connectivity index (χ4v) is 3.06. The molecule has 21 heavy (non-hydrogen) atoms. The van der Waals surface area contributed by atoms with Crippen molar-refractivity contribution in [1.82, 2.24) is 14.8 Å². The quantitative estimate of drug-likeness (QED) is 0.624. The van der Waals surface area contributed by atoms with Crippen LogP contribution in [0.5, 0.6) is 0 Å². The number of alkyl halides is 1. The molecule has 0 bridgehead atoms. The number of hydrogen-bond acceptors (Lipinski definition) is 2. The van der Waals surface area contributed by atoms with Crippen molar-refractivity contribution < 1.29 is 0 Å². The first-order chi connectivity index (χ1) is 10.1. The molecule has 0 saturated carbocycles. The molecule has 1 unspecified atom stereocenters. The van der Waals surface area contributed by atoms with Crippen LogP contribution in [0.1, 0.15) is 25.2 Å². The Labute approximate surface area is 143 Å². The molecule has 0 aliphatic carbocycles. The molecule has 1 heterocycles. The molecular weight excluding hydrogens is 394 g/mol. The summed E-state index contributed by atoms with van der Waals surface area (Å²) < 4.78 is 3.17. The maximum absolute atomic E-state index is 4.44. The van der Waals surface area contributed by atoms with E-state index in [1.807, 2.05) is 4.68 Å². The predicted molar refractivity (Wildman–Crippen MR) is 93.7 cm³/mol. The number of benzene rings is 1. The van der Waals surface area contributed by atoms with Crippen LogP contribution in [0.2, 0.25) is 0 Å². The van der Waals surface area contributed by atoms with Crippen LogP contribution in [0.3, 0.4) is 0 Å². The molecule has 114 valence electrons. The predicted octanol–water partition coefficient (Wildman–Crippen LogP) is 4.49. The van der Waals surface area contributed by atoms with Gasteiger partial charge in [0.25, 0.3) is 0 Å². The van der Waals surface area contributed by atoms with E-state index in [-0.39, 0.29) is 0 Å². The monoisotopic (exact) mass is 413 g/mol. The smallest absolute Gasteiger partial charge is 0.138 e. The van der Waals surface area contributed by atoms with Gasteiger partial charge in [0.1, 0.15) is 12.2 Å². The van der Waals surface area contributed by atoms with Crippen molar-refractivity contribution in [2.75, 3.05) is 5.33 Å². The van der Waals surface area contributed by atoms with Crippen LogP contribution in [0.4, 0.5) is 0 Å². The lowest BCUT2D eigenvalue weighted by atomic mass is 9.98. The van der Waals surface area contributed by atoms with Gasteiger partial charge in [-0.25, -0.2) is 9.67 Å². The van der Waals surface area contributed by atoms with Gasteiger partial charge in [-0.1, -0.05) is 57.8 Å². The number of rotatable bonds is 7. The van der Waals surface area contributed by atoms with Crippen molar-refractivity contribution in [3.05, 3.63) is 46.5 Å². The summed E-state index contributed by atoms with van der Waals surface area (Å²) in [5, 5.41) is 5.32.